The van der Waals surface area contributed by atoms with Gasteiger partial charge in [-0.15, -0.1) is 0 Å². The highest BCUT2D eigenvalue weighted by Crippen LogP contribution is 2.29. The van der Waals surface area contributed by atoms with E-state index in [9.17, 15) is 18.0 Å². The first kappa shape index (κ1) is 21.2. The third-order valence-electron chi connectivity index (χ3n) is 5.35. The molecule has 1 N–H and O–H groups in total. The zero-order valence-electron chi connectivity index (χ0n) is 17.0. The van der Waals surface area contributed by atoms with Crippen LogP contribution in [0.25, 0.3) is 6.08 Å². The van der Waals surface area contributed by atoms with Crippen molar-refractivity contribution in [2.75, 3.05) is 49.5 Å². The Hall–Kier alpha value is -3.01. The minimum absolute atomic E-state index is 0.0194. The van der Waals surface area contributed by atoms with Gasteiger partial charge in [-0.2, -0.15) is 4.31 Å². The van der Waals surface area contributed by atoms with Crippen molar-refractivity contribution in [2.24, 2.45) is 0 Å². The van der Waals surface area contributed by atoms with E-state index in [1.165, 1.54) is 14.6 Å². The maximum atomic E-state index is 12.9. The smallest absolute Gasteiger partial charge is 0.244 e. The molecular weight excluding hydrogens is 416 g/mol. The van der Waals surface area contributed by atoms with Gasteiger partial charge in [-0.3, -0.25) is 19.4 Å². The molecule has 31 heavy (non-hydrogen) atoms. The number of rotatable bonds is 5. The molecule has 4 rings (SSSR count). The monoisotopic (exact) mass is 440 g/mol. The summed E-state index contributed by atoms with van der Waals surface area (Å²) in [6.45, 7) is 1.64. The molecule has 2 aromatic carbocycles. The van der Waals surface area contributed by atoms with E-state index in [1.54, 1.807) is 24.3 Å². The number of nitrogens with zero attached hydrogens (tertiary/aromatic N) is 3. The Morgan fingerprint density at radius 2 is 1.65 bits per heavy atom. The molecule has 0 bridgehead atoms. The summed E-state index contributed by atoms with van der Waals surface area (Å²) < 4.78 is 26.6. The molecule has 0 unspecified atom stereocenters. The second kappa shape index (κ2) is 9.01. The lowest BCUT2D eigenvalue weighted by Crippen LogP contribution is -2.52. The molecule has 0 saturated carbocycles. The Bertz CT molecular complexity index is 1090. The number of nitrogens with one attached hydrogen (secondary N) is 1. The van der Waals surface area contributed by atoms with Crippen molar-refractivity contribution in [3.8, 4) is 0 Å². The SMILES string of the molecule is O=C1CN(C(=O)CN2CCN(S(=O)(=O)C=Cc3ccccc3)CC2)c2ccccc2N1. The molecule has 0 spiro atoms. The number of anilines is 2. The van der Waals surface area contributed by atoms with Crippen LogP contribution in [0.15, 0.2) is 60.0 Å². The van der Waals surface area contributed by atoms with E-state index in [2.05, 4.69) is 5.32 Å². The first-order valence-electron chi connectivity index (χ1n) is 10.1. The Morgan fingerprint density at radius 3 is 2.39 bits per heavy atom. The van der Waals surface area contributed by atoms with Crippen LogP contribution in [-0.2, 0) is 19.6 Å². The second-order valence-electron chi connectivity index (χ2n) is 7.48. The zero-order chi connectivity index (χ0) is 21.8. The molecule has 0 aromatic heterocycles. The minimum atomic E-state index is -3.52. The third kappa shape index (κ3) is 5.01. The number of carbonyl (C=O) groups excluding carboxylic acids is 2. The van der Waals surface area contributed by atoms with E-state index in [0.717, 1.165) is 5.56 Å². The molecule has 2 amide bonds. The van der Waals surface area contributed by atoms with Gasteiger partial charge in [-0.1, -0.05) is 42.5 Å². The van der Waals surface area contributed by atoms with Crippen LogP contribution in [0.1, 0.15) is 5.56 Å². The number of fused-ring (bicyclic) bond motifs is 1. The number of amides is 2. The van der Waals surface area contributed by atoms with Crippen LogP contribution in [0.3, 0.4) is 0 Å². The molecule has 2 aliphatic heterocycles. The summed E-state index contributed by atoms with van der Waals surface area (Å²) in [7, 11) is -3.52. The van der Waals surface area contributed by atoms with Crippen LogP contribution in [0, 0.1) is 0 Å². The van der Waals surface area contributed by atoms with Gasteiger partial charge >= 0.3 is 0 Å². The second-order valence-corrected chi connectivity index (χ2v) is 9.30. The molecule has 8 nitrogen and oxygen atoms in total. The van der Waals surface area contributed by atoms with Gasteiger partial charge < -0.3 is 5.32 Å². The number of carbonyl (C=O) groups is 2. The molecule has 162 valence electrons. The Balaban J connectivity index is 1.35. The van der Waals surface area contributed by atoms with Gasteiger partial charge in [0.2, 0.25) is 21.8 Å². The lowest BCUT2D eigenvalue weighted by atomic mass is 10.2. The van der Waals surface area contributed by atoms with Gasteiger partial charge in [-0.05, 0) is 23.8 Å². The maximum absolute atomic E-state index is 12.9. The summed E-state index contributed by atoms with van der Waals surface area (Å²) in [5, 5.41) is 4.00. The summed E-state index contributed by atoms with van der Waals surface area (Å²) in [5.74, 6) is -0.407. The van der Waals surface area contributed by atoms with Crippen LogP contribution in [0.5, 0.6) is 0 Å². The van der Waals surface area contributed by atoms with Gasteiger partial charge in [0.1, 0.15) is 6.54 Å². The van der Waals surface area contributed by atoms with E-state index < -0.39 is 10.0 Å². The van der Waals surface area contributed by atoms with Gasteiger partial charge in [0.15, 0.2) is 0 Å². The largest absolute Gasteiger partial charge is 0.323 e. The predicted octanol–water partition coefficient (Wildman–Crippen LogP) is 1.59. The molecule has 2 heterocycles. The van der Waals surface area contributed by atoms with E-state index in [4.69, 9.17) is 0 Å². The summed E-state index contributed by atoms with van der Waals surface area (Å²) in [6, 6.07) is 16.5. The van der Waals surface area contributed by atoms with Gasteiger partial charge in [0.25, 0.3) is 0 Å². The Labute approximate surface area is 181 Å². The Morgan fingerprint density at radius 1 is 0.968 bits per heavy atom. The number of para-hydroxylation sites is 2. The van der Waals surface area contributed by atoms with Crippen LogP contribution in [-0.4, -0.2) is 68.7 Å². The van der Waals surface area contributed by atoms with Crippen molar-refractivity contribution in [1.82, 2.24) is 9.21 Å². The van der Waals surface area contributed by atoms with Gasteiger partial charge in [0, 0.05) is 31.6 Å². The standard InChI is InChI=1S/C22H24N4O4S/c27-21-16-26(20-9-5-4-8-19(20)23-21)22(28)17-24-11-13-25(14-12-24)31(29,30)15-10-18-6-2-1-3-7-18/h1-10,15H,11-14,16-17H2,(H,23,27). The first-order chi connectivity index (χ1) is 14.9. The quantitative estimate of drug-likeness (QED) is 0.763. The van der Waals surface area contributed by atoms with Crippen molar-refractivity contribution in [1.29, 1.82) is 0 Å². The summed E-state index contributed by atoms with van der Waals surface area (Å²) in [5.41, 5.74) is 2.12. The fourth-order valence-corrected chi connectivity index (χ4v) is 4.86. The van der Waals surface area contributed by atoms with E-state index in [1.807, 2.05) is 41.3 Å². The first-order valence-corrected chi connectivity index (χ1v) is 11.6. The van der Waals surface area contributed by atoms with Crippen LogP contribution in [0.4, 0.5) is 11.4 Å². The minimum Gasteiger partial charge on any atom is -0.323 e. The lowest BCUT2D eigenvalue weighted by Gasteiger charge is -2.35. The van der Waals surface area contributed by atoms with E-state index in [0.29, 0.717) is 37.6 Å². The summed E-state index contributed by atoms with van der Waals surface area (Å²) in [4.78, 5) is 28.2. The molecule has 9 heteroatoms. The fourth-order valence-electron chi connectivity index (χ4n) is 3.69. The molecule has 0 aliphatic carbocycles. The third-order valence-corrected chi connectivity index (χ3v) is 6.92. The predicted molar refractivity (Wildman–Crippen MR) is 120 cm³/mol. The molecular formula is C22H24N4O4S. The average Bonchev–Trinajstić information content (AvgIpc) is 2.78. The fraction of sp³-hybridized carbons (Fsp3) is 0.273. The van der Waals surface area contributed by atoms with Crippen molar-refractivity contribution < 1.29 is 18.0 Å². The molecule has 2 aromatic rings. The van der Waals surface area contributed by atoms with Crippen LogP contribution >= 0.6 is 0 Å². The average molecular weight is 441 g/mol. The van der Waals surface area contributed by atoms with Gasteiger partial charge in [0.05, 0.1) is 17.9 Å². The normalized spacial score (nSPS) is 18.1. The topological polar surface area (TPSA) is 90.0 Å². The number of sulfonamides is 1. The summed E-state index contributed by atoms with van der Waals surface area (Å²) in [6.07, 6.45) is 1.59. The molecule has 2 aliphatic rings. The number of hydrogen-bond acceptors (Lipinski definition) is 5. The number of benzene rings is 2. The zero-order valence-corrected chi connectivity index (χ0v) is 17.8. The van der Waals surface area contributed by atoms with E-state index in [-0.39, 0.29) is 24.9 Å². The van der Waals surface area contributed by atoms with Crippen LogP contribution < -0.4 is 10.2 Å². The maximum Gasteiger partial charge on any atom is 0.244 e. The van der Waals surface area contributed by atoms with Crippen molar-refractivity contribution in [2.45, 2.75) is 0 Å². The van der Waals surface area contributed by atoms with Crippen molar-refractivity contribution in [3.05, 3.63) is 65.6 Å². The lowest BCUT2D eigenvalue weighted by molar-refractivity contribution is -0.122. The van der Waals surface area contributed by atoms with Gasteiger partial charge in [-0.25, -0.2) is 8.42 Å². The highest BCUT2D eigenvalue weighted by atomic mass is 32.2. The Kier molecular flexibility index (Phi) is 6.17. The van der Waals surface area contributed by atoms with E-state index >= 15 is 0 Å². The highest BCUT2D eigenvalue weighted by Gasteiger charge is 2.30. The number of hydrogen-bond donors (Lipinski definition) is 1. The highest BCUT2D eigenvalue weighted by molar-refractivity contribution is 7.92. The molecule has 1 saturated heterocycles. The number of piperazine rings is 1. The molecule has 0 atom stereocenters. The van der Waals surface area contributed by atoms with Crippen LogP contribution in [0.2, 0.25) is 0 Å². The summed E-state index contributed by atoms with van der Waals surface area (Å²) >= 11 is 0. The van der Waals surface area contributed by atoms with Crippen molar-refractivity contribution in [3.63, 3.8) is 0 Å². The van der Waals surface area contributed by atoms with Crippen molar-refractivity contribution >= 4 is 39.3 Å². The molecule has 0 radical (unpaired) electrons. The molecule has 1 fully saturated rings.